The van der Waals surface area contributed by atoms with Gasteiger partial charge in [0.1, 0.15) is 17.1 Å². The molecule has 0 bridgehead atoms. The monoisotopic (exact) mass is 399 g/mol. The van der Waals surface area contributed by atoms with Crippen LogP contribution in [0.5, 0.6) is 11.5 Å². The van der Waals surface area contributed by atoms with Crippen molar-refractivity contribution in [2.45, 2.75) is 31.8 Å². The van der Waals surface area contributed by atoms with E-state index < -0.39 is 5.60 Å². The van der Waals surface area contributed by atoms with Gasteiger partial charge in [-0.3, -0.25) is 9.59 Å². The van der Waals surface area contributed by atoms with Gasteiger partial charge in [0, 0.05) is 31.0 Å². The Morgan fingerprint density at radius 3 is 2.61 bits per heavy atom. The number of benzene rings is 2. The van der Waals surface area contributed by atoms with Crippen molar-refractivity contribution in [2.24, 2.45) is 0 Å². The first-order valence-electron chi connectivity index (χ1n) is 9.43. The molecule has 1 amide bonds. The summed E-state index contributed by atoms with van der Waals surface area (Å²) in [6.45, 7) is 3.11. The predicted octanol–water partition coefficient (Wildman–Crippen LogP) is 4.05. The highest BCUT2D eigenvalue weighted by Crippen LogP contribution is 2.40. The number of carbonyl (C=O) groups excluding carboxylic acids is 2. The van der Waals surface area contributed by atoms with Crippen molar-refractivity contribution in [1.82, 2.24) is 4.90 Å². The van der Waals surface area contributed by atoms with Crippen LogP contribution in [0.3, 0.4) is 0 Å². The Morgan fingerprint density at radius 1 is 1.18 bits per heavy atom. The lowest BCUT2D eigenvalue weighted by Crippen LogP contribution is -2.53. The molecule has 1 spiro atoms. The molecule has 2 aliphatic heterocycles. The molecule has 2 aromatic carbocycles. The molecule has 0 atom stereocenters. The molecule has 0 N–H and O–H groups in total. The fourth-order valence-corrected chi connectivity index (χ4v) is 3.95. The summed E-state index contributed by atoms with van der Waals surface area (Å²) in [4.78, 5) is 26.8. The number of piperidine rings is 1. The average Bonchev–Trinajstić information content (AvgIpc) is 2.69. The Hall–Kier alpha value is -2.53. The summed E-state index contributed by atoms with van der Waals surface area (Å²) in [5.74, 6) is 1.27. The number of Topliss-reactive ketones (excluding diaryl/α,β-unsaturated/α-hetero) is 1. The molecule has 1 fully saturated rings. The first-order valence-corrected chi connectivity index (χ1v) is 9.81. The number of ketones is 1. The minimum atomic E-state index is -0.535. The van der Waals surface area contributed by atoms with E-state index in [4.69, 9.17) is 21.1 Å². The summed E-state index contributed by atoms with van der Waals surface area (Å²) < 4.78 is 11.8. The SMILES string of the molecule is Cc1ccc(OCC(=O)N2CCC3(CC2)CC(=O)c2cc(Cl)ccc2O3)cc1. The molecule has 0 aromatic heterocycles. The van der Waals surface area contributed by atoms with E-state index in [2.05, 4.69) is 0 Å². The molecule has 2 aliphatic rings. The van der Waals surface area contributed by atoms with Gasteiger partial charge in [-0.25, -0.2) is 0 Å². The quantitative estimate of drug-likeness (QED) is 0.781. The van der Waals surface area contributed by atoms with Crippen LogP contribution < -0.4 is 9.47 Å². The van der Waals surface area contributed by atoms with E-state index in [1.807, 2.05) is 31.2 Å². The van der Waals surface area contributed by atoms with Crippen LogP contribution >= 0.6 is 11.6 Å². The first-order chi connectivity index (χ1) is 13.4. The molecule has 28 heavy (non-hydrogen) atoms. The average molecular weight is 400 g/mol. The van der Waals surface area contributed by atoms with E-state index in [0.717, 1.165) is 5.56 Å². The minimum Gasteiger partial charge on any atom is -0.486 e. The van der Waals surface area contributed by atoms with Crippen LogP contribution in [0.25, 0.3) is 0 Å². The topological polar surface area (TPSA) is 55.8 Å². The molecular weight excluding hydrogens is 378 g/mol. The second-order valence-corrected chi connectivity index (χ2v) is 7.94. The van der Waals surface area contributed by atoms with Gasteiger partial charge in [0.25, 0.3) is 5.91 Å². The van der Waals surface area contributed by atoms with E-state index in [1.165, 1.54) is 0 Å². The van der Waals surface area contributed by atoms with Gasteiger partial charge in [-0.1, -0.05) is 29.3 Å². The summed E-state index contributed by atoms with van der Waals surface area (Å²) in [7, 11) is 0. The zero-order valence-electron chi connectivity index (χ0n) is 15.7. The second kappa shape index (κ2) is 7.47. The van der Waals surface area contributed by atoms with Crippen molar-refractivity contribution < 1.29 is 19.1 Å². The van der Waals surface area contributed by atoms with Crippen LogP contribution in [0, 0.1) is 6.92 Å². The maximum atomic E-state index is 12.6. The molecular formula is C22H22ClNO4. The van der Waals surface area contributed by atoms with Crippen molar-refractivity contribution >= 4 is 23.3 Å². The number of fused-ring (bicyclic) bond motifs is 1. The van der Waals surface area contributed by atoms with Gasteiger partial charge in [-0.15, -0.1) is 0 Å². The molecule has 5 nitrogen and oxygen atoms in total. The van der Waals surface area contributed by atoms with E-state index >= 15 is 0 Å². The van der Waals surface area contributed by atoms with Crippen molar-refractivity contribution in [1.29, 1.82) is 0 Å². The Balaban J connectivity index is 1.35. The summed E-state index contributed by atoms with van der Waals surface area (Å²) in [5, 5.41) is 0.528. The fourth-order valence-electron chi connectivity index (χ4n) is 3.78. The largest absolute Gasteiger partial charge is 0.486 e. The number of carbonyl (C=O) groups is 2. The molecule has 0 radical (unpaired) electrons. The van der Waals surface area contributed by atoms with Crippen LogP contribution in [0.4, 0.5) is 0 Å². The van der Waals surface area contributed by atoms with E-state index in [-0.39, 0.29) is 18.3 Å². The maximum absolute atomic E-state index is 12.6. The molecule has 0 unspecified atom stereocenters. The third-order valence-corrected chi connectivity index (χ3v) is 5.70. The van der Waals surface area contributed by atoms with Crippen LogP contribution in [0.2, 0.25) is 5.02 Å². The molecule has 4 rings (SSSR count). The van der Waals surface area contributed by atoms with Crippen LogP contribution in [0.15, 0.2) is 42.5 Å². The number of aryl methyl sites for hydroxylation is 1. The summed E-state index contributed by atoms with van der Waals surface area (Å²) in [5.41, 5.74) is 1.15. The molecule has 0 saturated carbocycles. The third kappa shape index (κ3) is 3.85. The first kappa shape index (κ1) is 18.8. The minimum absolute atomic E-state index is 0.0111. The van der Waals surface area contributed by atoms with Gasteiger partial charge < -0.3 is 14.4 Å². The van der Waals surface area contributed by atoms with Crippen LogP contribution in [-0.2, 0) is 4.79 Å². The van der Waals surface area contributed by atoms with Gasteiger partial charge in [0.05, 0.1) is 12.0 Å². The van der Waals surface area contributed by atoms with Crippen LogP contribution in [-0.4, -0.2) is 41.9 Å². The number of hydrogen-bond donors (Lipinski definition) is 0. The lowest BCUT2D eigenvalue weighted by Gasteiger charge is -2.43. The zero-order valence-corrected chi connectivity index (χ0v) is 16.5. The number of ether oxygens (including phenoxy) is 2. The maximum Gasteiger partial charge on any atom is 0.260 e. The molecule has 146 valence electrons. The Bertz CT molecular complexity index is 901. The van der Waals surface area contributed by atoms with Gasteiger partial charge >= 0.3 is 0 Å². The van der Waals surface area contributed by atoms with Gasteiger partial charge in [0.15, 0.2) is 12.4 Å². The van der Waals surface area contributed by atoms with Crippen molar-refractivity contribution in [2.75, 3.05) is 19.7 Å². The summed E-state index contributed by atoms with van der Waals surface area (Å²) >= 11 is 5.99. The van der Waals surface area contributed by atoms with Gasteiger partial charge in [-0.05, 0) is 37.3 Å². The lowest BCUT2D eigenvalue weighted by molar-refractivity contribution is -0.136. The third-order valence-electron chi connectivity index (χ3n) is 5.46. The second-order valence-electron chi connectivity index (χ2n) is 7.51. The summed E-state index contributed by atoms with van der Waals surface area (Å²) in [6.07, 6.45) is 1.57. The Kier molecular flexibility index (Phi) is 5.02. The smallest absolute Gasteiger partial charge is 0.260 e. The number of halogens is 1. The standard InChI is InChI=1S/C22H22ClNO4/c1-15-2-5-17(6-3-15)27-14-21(26)24-10-8-22(9-11-24)13-19(25)18-12-16(23)4-7-20(18)28-22/h2-7,12H,8-11,13-14H2,1H3. The number of likely N-dealkylation sites (tertiary alicyclic amines) is 1. The molecule has 2 aromatic rings. The van der Waals surface area contributed by atoms with Crippen molar-refractivity contribution in [3.63, 3.8) is 0 Å². The molecule has 1 saturated heterocycles. The Labute approximate surface area is 169 Å². The predicted molar refractivity (Wildman–Crippen MR) is 106 cm³/mol. The normalized spacial score (nSPS) is 17.8. The molecule has 6 heteroatoms. The zero-order chi connectivity index (χ0) is 19.7. The molecule has 2 heterocycles. The lowest BCUT2D eigenvalue weighted by atomic mass is 9.82. The van der Waals surface area contributed by atoms with E-state index in [9.17, 15) is 9.59 Å². The summed E-state index contributed by atoms with van der Waals surface area (Å²) in [6, 6.07) is 12.8. The highest BCUT2D eigenvalue weighted by atomic mass is 35.5. The Morgan fingerprint density at radius 2 is 1.89 bits per heavy atom. The fraction of sp³-hybridized carbons (Fsp3) is 0.364. The number of amides is 1. The van der Waals surface area contributed by atoms with Gasteiger partial charge in [0.2, 0.25) is 0 Å². The number of nitrogens with zero attached hydrogens (tertiary/aromatic N) is 1. The number of hydrogen-bond acceptors (Lipinski definition) is 4. The van der Waals surface area contributed by atoms with Crippen molar-refractivity contribution in [3.05, 3.63) is 58.6 Å². The highest BCUT2D eigenvalue weighted by molar-refractivity contribution is 6.31. The highest BCUT2D eigenvalue weighted by Gasteiger charge is 2.43. The van der Waals surface area contributed by atoms with Crippen molar-refractivity contribution in [3.8, 4) is 11.5 Å². The molecule has 0 aliphatic carbocycles. The van der Waals surface area contributed by atoms with E-state index in [0.29, 0.717) is 54.4 Å². The van der Waals surface area contributed by atoms with Crippen LogP contribution in [0.1, 0.15) is 35.2 Å². The van der Waals surface area contributed by atoms with E-state index in [1.54, 1.807) is 23.1 Å². The number of rotatable bonds is 3. The van der Waals surface area contributed by atoms with Gasteiger partial charge in [-0.2, -0.15) is 0 Å².